The topological polar surface area (TPSA) is 110 Å². The third-order valence-corrected chi connectivity index (χ3v) is 4.56. The Balaban J connectivity index is 1.50. The van der Waals surface area contributed by atoms with Gasteiger partial charge in [-0.15, -0.1) is 0 Å². The maximum atomic E-state index is 12.6. The minimum absolute atomic E-state index is 0.263. The summed E-state index contributed by atoms with van der Waals surface area (Å²) in [4.78, 5) is 31.2. The third kappa shape index (κ3) is 3.86. The maximum absolute atomic E-state index is 12.6. The van der Waals surface area contributed by atoms with E-state index in [1.165, 1.54) is 6.33 Å². The number of aromatic amines is 1. The number of aromatic nitrogens is 3. The zero-order chi connectivity index (χ0) is 20.4. The minimum Gasteiger partial charge on any atom is -0.489 e. The van der Waals surface area contributed by atoms with E-state index in [4.69, 9.17) is 9.26 Å². The molecule has 1 amide bonds. The Morgan fingerprint density at radius 3 is 2.86 bits per heavy atom. The van der Waals surface area contributed by atoms with Gasteiger partial charge in [0.25, 0.3) is 11.5 Å². The molecular formula is C21H18N4O4. The second kappa shape index (κ2) is 7.59. The van der Waals surface area contributed by atoms with Crippen molar-refractivity contribution in [1.29, 1.82) is 0 Å². The van der Waals surface area contributed by atoms with E-state index < -0.39 is 0 Å². The molecule has 146 valence electrons. The smallest absolute Gasteiger partial charge is 0.258 e. The first kappa shape index (κ1) is 18.4. The van der Waals surface area contributed by atoms with Crippen LogP contribution in [0.25, 0.3) is 10.9 Å². The second-order valence-corrected chi connectivity index (χ2v) is 6.54. The molecule has 4 aromatic rings. The molecular weight excluding hydrogens is 372 g/mol. The quantitative estimate of drug-likeness (QED) is 0.541. The number of carbonyl (C=O) groups excluding carboxylic acids is 1. The molecule has 0 bridgehead atoms. The lowest BCUT2D eigenvalue weighted by molar-refractivity contribution is 0.102. The molecule has 0 unspecified atom stereocenters. The first-order chi connectivity index (χ1) is 14.0. The molecule has 0 atom stereocenters. The Hall–Kier alpha value is -3.94. The van der Waals surface area contributed by atoms with Crippen molar-refractivity contribution in [2.24, 2.45) is 0 Å². The summed E-state index contributed by atoms with van der Waals surface area (Å²) < 4.78 is 10.9. The van der Waals surface area contributed by atoms with Crippen LogP contribution in [0.2, 0.25) is 0 Å². The first-order valence-corrected chi connectivity index (χ1v) is 8.94. The lowest BCUT2D eigenvalue weighted by Gasteiger charge is -2.09. The molecule has 0 fully saturated rings. The summed E-state index contributed by atoms with van der Waals surface area (Å²) in [5.74, 6) is 0.946. The highest BCUT2D eigenvalue weighted by Gasteiger charge is 2.12. The van der Waals surface area contributed by atoms with Crippen molar-refractivity contribution >= 4 is 22.5 Å². The largest absolute Gasteiger partial charge is 0.489 e. The maximum Gasteiger partial charge on any atom is 0.258 e. The molecule has 0 spiro atoms. The van der Waals surface area contributed by atoms with Gasteiger partial charge in [0.05, 0.1) is 28.5 Å². The normalized spacial score (nSPS) is 10.8. The number of rotatable bonds is 5. The monoisotopic (exact) mass is 390 g/mol. The van der Waals surface area contributed by atoms with E-state index in [9.17, 15) is 9.59 Å². The fourth-order valence-corrected chi connectivity index (χ4v) is 2.94. The molecule has 29 heavy (non-hydrogen) atoms. The van der Waals surface area contributed by atoms with Crippen molar-refractivity contribution in [3.63, 3.8) is 0 Å². The van der Waals surface area contributed by atoms with Crippen LogP contribution in [0.4, 0.5) is 5.69 Å². The van der Waals surface area contributed by atoms with Gasteiger partial charge in [-0.2, -0.15) is 0 Å². The highest BCUT2D eigenvalue weighted by Crippen LogP contribution is 2.20. The molecule has 4 rings (SSSR count). The summed E-state index contributed by atoms with van der Waals surface area (Å²) in [6, 6.07) is 11.8. The summed E-state index contributed by atoms with van der Waals surface area (Å²) in [6.07, 6.45) is 1.34. The van der Waals surface area contributed by atoms with Crippen molar-refractivity contribution in [1.82, 2.24) is 15.1 Å². The van der Waals surface area contributed by atoms with Gasteiger partial charge in [-0.1, -0.05) is 11.2 Å². The van der Waals surface area contributed by atoms with Crippen LogP contribution in [0.5, 0.6) is 5.75 Å². The van der Waals surface area contributed by atoms with Gasteiger partial charge in [-0.05, 0) is 50.2 Å². The molecule has 2 heterocycles. The number of hydrogen-bond acceptors (Lipinski definition) is 6. The Morgan fingerprint density at radius 1 is 1.21 bits per heavy atom. The van der Waals surface area contributed by atoms with E-state index in [2.05, 4.69) is 20.4 Å². The van der Waals surface area contributed by atoms with Crippen LogP contribution < -0.4 is 15.6 Å². The number of fused-ring (bicyclic) bond motifs is 1. The summed E-state index contributed by atoms with van der Waals surface area (Å²) in [5.41, 5.74) is 2.89. The molecule has 0 saturated heterocycles. The molecule has 0 aliphatic rings. The van der Waals surface area contributed by atoms with Gasteiger partial charge in [0.1, 0.15) is 18.1 Å². The average molecular weight is 390 g/mol. The van der Waals surface area contributed by atoms with Crippen molar-refractivity contribution in [3.05, 3.63) is 81.7 Å². The van der Waals surface area contributed by atoms with E-state index in [-0.39, 0.29) is 11.5 Å². The average Bonchev–Trinajstić information content (AvgIpc) is 3.05. The van der Waals surface area contributed by atoms with Gasteiger partial charge in [0.15, 0.2) is 0 Å². The van der Waals surface area contributed by atoms with E-state index in [0.717, 1.165) is 11.3 Å². The van der Waals surface area contributed by atoms with Crippen LogP contribution in [0, 0.1) is 13.8 Å². The van der Waals surface area contributed by atoms with Crippen LogP contribution in [0.15, 0.2) is 58.1 Å². The minimum atomic E-state index is -0.313. The predicted molar refractivity (Wildman–Crippen MR) is 107 cm³/mol. The van der Waals surface area contributed by atoms with Gasteiger partial charge < -0.3 is 19.6 Å². The second-order valence-electron chi connectivity index (χ2n) is 6.54. The number of nitrogens with one attached hydrogen (secondary N) is 2. The van der Waals surface area contributed by atoms with Gasteiger partial charge in [0, 0.05) is 11.3 Å². The highest BCUT2D eigenvalue weighted by molar-refractivity contribution is 6.05. The molecule has 0 aliphatic carbocycles. The first-order valence-electron chi connectivity index (χ1n) is 8.94. The van der Waals surface area contributed by atoms with Crippen LogP contribution in [-0.4, -0.2) is 21.0 Å². The molecule has 0 saturated carbocycles. The fraction of sp³-hybridized carbons (Fsp3) is 0.143. The Morgan fingerprint density at radius 2 is 2.07 bits per heavy atom. The number of anilines is 1. The van der Waals surface area contributed by atoms with Gasteiger partial charge in [0.2, 0.25) is 0 Å². The molecule has 8 heteroatoms. The van der Waals surface area contributed by atoms with Crippen molar-refractivity contribution in [2.45, 2.75) is 20.5 Å². The zero-order valence-electron chi connectivity index (χ0n) is 15.9. The number of ether oxygens (including phenoxy) is 1. The molecule has 8 nitrogen and oxygen atoms in total. The molecule has 0 radical (unpaired) electrons. The standard InChI is InChI=1S/C21H18N4O4/c1-12-18(13(2)29-25-12)10-28-16-5-3-4-14(8-16)20(26)24-15-6-7-19-17(9-15)21(27)23-11-22-19/h3-9,11H,10H2,1-2H3,(H,24,26)(H,22,23,27). The molecule has 2 aromatic carbocycles. The number of nitrogens with zero attached hydrogens (tertiary/aromatic N) is 2. The highest BCUT2D eigenvalue weighted by atomic mass is 16.5. The van der Waals surface area contributed by atoms with E-state index >= 15 is 0 Å². The number of hydrogen-bond donors (Lipinski definition) is 2. The summed E-state index contributed by atoms with van der Waals surface area (Å²) in [7, 11) is 0. The number of H-pyrrole nitrogens is 1. The SMILES string of the molecule is Cc1noc(C)c1COc1cccc(C(=O)Nc2ccc3nc[nH]c(=O)c3c2)c1. The Labute approximate surface area is 165 Å². The summed E-state index contributed by atoms with van der Waals surface area (Å²) in [6.45, 7) is 3.97. The van der Waals surface area contributed by atoms with Crippen LogP contribution in [0.1, 0.15) is 27.4 Å². The molecule has 0 aliphatic heterocycles. The summed E-state index contributed by atoms with van der Waals surface area (Å²) in [5, 5.41) is 7.10. The Kier molecular flexibility index (Phi) is 4.82. The van der Waals surface area contributed by atoms with E-state index in [1.807, 2.05) is 13.8 Å². The van der Waals surface area contributed by atoms with Crippen LogP contribution >= 0.6 is 0 Å². The van der Waals surface area contributed by atoms with Crippen molar-refractivity contribution in [2.75, 3.05) is 5.32 Å². The molecule has 2 N–H and O–H groups in total. The van der Waals surface area contributed by atoms with E-state index in [0.29, 0.717) is 40.3 Å². The van der Waals surface area contributed by atoms with Crippen LogP contribution in [0.3, 0.4) is 0 Å². The fourth-order valence-electron chi connectivity index (χ4n) is 2.94. The number of amides is 1. The molecule has 2 aromatic heterocycles. The lowest BCUT2D eigenvalue weighted by Crippen LogP contribution is -2.13. The van der Waals surface area contributed by atoms with Crippen molar-refractivity contribution in [3.8, 4) is 5.75 Å². The number of carbonyl (C=O) groups is 1. The zero-order valence-corrected chi connectivity index (χ0v) is 15.9. The van der Waals surface area contributed by atoms with Crippen LogP contribution in [-0.2, 0) is 6.61 Å². The van der Waals surface area contributed by atoms with Gasteiger partial charge in [-0.3, -0.25) is 9.59 Å². The van der Waals surface area contributed by atoms with Gasteiger partial charge >= 0.3 is 0 Å². The van der Waals surface area contributed by atoms with Crippen molar-refractivity contribution < 1.29 is 14.1 Å². The third-order valence-electron chi connectivity index (χ3n) is 4.56. The van der Waals surface area contributed by atoms with E-state index in [1.54, 1.807) is 42.5 Å². The lowest BCUT2D eigenvalue weighted by atomic mass is 10.1. The Bertz CT molecular complexity index is 1240. The summed E-state index contributed by atoms with van der Waals surface area (Å²) >= 11 is 0. The van der Waals surface area contributed by atoms with Gasteiger partial charge in [-0.25, -0.2) is 4.98 Å². The number of aryl methyl sites for hydroxylation is 2. The predicted octanol–water partition coefficient (Wildman–Crippen LogP) is 3.36. The number of benzene rings is 2.